The third-order valence-electron chi connectivity index (χ3n) is 4.11. The second-order valence-electron chi connectivity index (χ2n) is 6.04. The number of nitrogens with one attached hydrogen (secondary N) is 2. The van der Waals surface area contributed by atoms with Crippen LogP contribution in [0.25, 0.3) is 5.69 Å². The SMILES string of the molecule is CC1CC1C(=O)NCCC(=O)Nc1ccc(-n2ccnc2)c(Cl)c1. The summed E-state index contributed by atoms with van der Waals surface area (Å²) in [7, 11) is 0. The van der Waals surface area contributed by atoms with Gasteiger partial charge in [0.25, 0.3) is 0 Å². The second kappa shape index (κ2) is 7.05. The van der Waals surface area contributed by atoms with Crippen LogP contribution in [0.1, 0.15) is 19.8 Å². The van der Waals surface area contributed by atoms with Crippen LogP contribution in [0, 0.1) is 11.8 Å². The maximum atomic E-state index is 11.9. The molecule has 1 aromatic heterocycles. The highest BCUT2D eigenvalue weighted by atomic mass is 35.5. The first-order chi connectivity index (χ1) is 11.5. The van der Waals surface area contributed by atoms with Crippen LogP contribution < -0.4 is 10.6 Å². The number of anilines is 1. The summed E-state index contributed by atoms with van der Waals surface area (Å²) in [4.78, 5) is 27.6. The molecule has 0 bridgehead atoms. The highest BCUT2D eigenvalue weighted by Gasteiger charge is 2.38. The maximum absolute atomic E-state index is 11.9. The van der Waals surface area contributed by atoms with Crippen molar-refractivity contribution in [2.75, 3.05) is 11.9 Å². The Morgan fingerprint density at radius 1 is 1.42 bits per heavy atom. The predicted octanol–water partition coefficient (Wildman–Crippen LogP) is 2.63. The largest absolute Gasteiger partial charge is 0.355 e. The van der Waals surface area contributed by atoms with Crippen molar-refractivity contribution in [3.8, 4) is 5.69 Å². The van der Waals surface area contributed by atoms with E-state index in [1.807, 2.05) is 13.0 Å². The quantitative estimate of drug-likeness (QED) is 0.844. The zero-order valence-electron chi connectivity index (χ0n) is 13.3. The highest BCUT2D eigenvalue weighted by Crippen LogP contribution is 2.37. The van der Waals surface area contributed by atoms with Crippen LogP contribution >= 0.6 is 11.6 Å². The number of rotatable bonds is 6. The minimum atomic E-state index is -0.161. The monoisotopic (exact) mass is 346 g/mol. The van der Waals surface area contributed by atoms with Gasteiger partial charge < -0.3 is 15.2 Å². The number of hydrogen-bond acceptors (Lipinski definition) is 3. The molecule has 2 N–H and O–H groups in total. The number of nitrogens with zero attached hydrogens (tertiary/aromatic N) is 2. The van der Waals surface area contributed by atoms with Crippen molar-refractivity contribution in [1.29, 1.82) is 0 Å². The predicted molar refractivity (Wildman–Crippen MR) is 92.1 cm³/mol. The van der Waals surface area contributed by atoms with Gasteiger partial charge in [-0.1, -0.05) is 18.5 Å². The molecule has 24 heavy (non-hydrogen) atoms. The Balaban J connectivity index is 1.49. The molecule has 2 aromatic rings. The van der Waals surface area contributed by atoms with E-state index < -0.39 is 0 Å². The van der Waals surface area contributed by atoms with Crippen molar-refractivity contribution in [3.05, 3.63) is 41.9 Å². The summed E-state index contributed by atoms with van der Waals surface area (Å²) in [6.07, 6.45) is 6.29. The van der Waals surface area contributed by atoms with Crippen molar-refractivity contribution in [3.63, 3.8) is 0 Å². The zero-order chi connectivity index (χ0) is 17.1. The number of halogens is 1. The van der Waals surface area contributed by atoms with Gasteiger partial charge in [-0.15, -0.1) is 0 Å². The molecule has 0 aliphatic heterocycles. The van der Waals surface area contributed by atoms with Crippen LogP contribution in [0.4, 0.5) is 5.69 Å². The summed E-state index contributed by atoms with van der Waals surface area (Å²) < 4.78 is 1.79. The van der Waals surface area contributed by atoms with E-state index in [9.17, 15) is 9.59 Å². The number of benzene rings is 1. The van der Waals surface area contributed by atoms with E-state index in [1.54, 1.807) is 35.4 Å². The van der Waals surface area contributed by atoms with Gasteiger partial charge in [0.05, 0.1) is 17.0 Å². The van der Waals surface area contributed by atoms with Gasteiger partial charge in [0, 0.05) is 37.0 Å². The summed E-state index contributed by atoms with van der Waals surface area (Å²) in [5.74, 6) is 0.478. The van der Waals surface area contributed by atoms with E-state index in [1.165, 1.54) is 0 Å². The van der Waals surface area contributed by atoms with E-state index in [-0.39, 0.29) is 24.2 Å². The minimum absolute atomic E-state index is 0.0445. The Labute approximate surface area is 145 Å². The summed E-state index contributed by atoms with van der Waals surface area (Å²) in [6.45, 7) is 2.39. The fourth-order valence-corrected chi connectivity index (χ4v) is 2.82. The maximum Gasteiger partial charge on any atom is 0.226 e. The van der Waals surface area contributed by atoms with Gasteiger partial charge in [-0.25, -0.2) is 4.98 Å². The molecule has 0 spiro atoms. The topological polar surface area (TPSA) is 76.0 Å². The Bertz CT molecular complexity index is 745. The van der Waals surface area contributed by atoms with Crippen LogP contribution in [0.15, 0.2) is 36.9 Å². The molecule has 1 aliphatic rings. The Hall–Kier alpha value is -2.34. The normalized spacial score (nSPS) is 18.9. The lowest BCUT2D eigenvalue weighted by Gasteiger charge is -2.10. The van der Waals surface area contributed by atoms with Crippen molar-refractivity contribution in [1.82, 2.24) is 14.9 Å². The van der Waals surface area contributed by atoms with E-state index >= 15 is 0 Å². The summed E-state index contributed by atoms with van der Waals surface area (Å²) in [5.41, 5.74) is 1.41. The second-order valence-corrected chi connectivity index (χ2v) is 6.45. The molecule has 7 heteroatoms. The lowest BCUT2D eigenvalue weighted by atomic mass is 10.2. The number of amides is 2. The molecule has 2 atom stereocenters. The molecule has 3 rings (SSSR count). The van der Waals surface area contributed by atoms with Crippen molar-refractivity contribution >= 4 is 29.1 Å². The fourth-order valence-electron chi connectivity index (χ4n) is 2.54. The van der Waals surface area contributed by atoms with Gasteiger partial charge in [0.1, 0.15) is 0 Å². The van der Waals surface area contributed by atoms with Gasteiger partial charge in [-0.05, 0) is 30.5 Å². The van der Waals surface area contributed by atoms with Crippen LogP contribution in [-0.4, -0.2) is 27.9 Å². The van der Waals surface area contributed by atoms with Gasteiger partial charge in [-0.2, -0.15) is 0 Å². The molecule has 1 aliphatic carbocycles. The van der Waals surface area contributed by atoms with Gasteiger partial charge in [0.2, 0.25) is 11.8 Å². The first-order valence-corrected chi connectivity index (χ1v) is 8.28. The molecule has 1 aromatic carbocycles. The van der Waals surface area contributed by atoms with Gasteiger partial charge >= 0.3 is 0 Å². The Kier molecular flexibility index (Phi) is 4.85. The molecular weight excluding hydrogens is 328 g/mol. The zero-order valence-corrected chi connectivity index (χ0v) is 14.1. The minimum Gasteiger partial charge on any atom is -0.355 e. The molecule has 0 radical (unpaired) electrons. The lowest BCUT2D eigenvalue weighted by molar-refractivity contribution is -0.122. The number of carbonyl (C=O) groups is 2. The molecule has 126 valence electrons. The highest BCUT2D eigenvalue weighted by molar-refractivity contribution is 6.32. The van der Waals surface area contributed by atoms with Gasteiger partial charge in [0.15, 0.2) is 0 Å². The standard InChI is InChI=1S/C17H19ClN4O2/c1-11-8-13(11)17(24)20-5-4-16(23)21-12-2-3-15(14(18)9-12)22-7-6-19-10-22/h2-3,6-7,9-11,13H,4-5,8H2,1H3,(H,20,24)(H,21,23). The number of hydrogen-bond donors (Lipinski definition) is 2. The summed E-state index contributed by atoms with van der Waals surface area (Å²) in [6, 6.07) is 5.29. The number of imidazole rings is 1. The third kappa shape index (κ3) is 3.94. The molecule has 2 unspecified atom stereocenters. The fraction of sp³-hybridized carbons (Fsp3) is 0.353. The van der Waals surface area contributed by atoms with E-state index in [0.717, 1.165) is 12.1 Å². The van der Waals surface area contributed by atoms with E-state index in [0.29, 0.717) is 23.2 Å². The molecule has 1 saturated carbocycles. The van der Waals surface area contributed by atoms with Crippen LogP contribution in [0.3, 0.4) is 0 Å². The molecule has 0 saturated heterocycles. The third-order valence-corrected chi connectivity index (χ3v) is 4.41. The molecule has 6 nitrogen and oxygen atoms in total. The Morgan fingerprint density at radius 2 is 2.21 bits per heavy atom. The number of aromatic nitrogens is 2. The van der Waals surface area contributed by atoms with Crippen molar-refractivity contribution in [2.24, 2.45) is 11.8 Å². The molecule has 1 heterocycles. The molecule has 1 fully saturated rings. The summed E-state index contributed by atoms with van der Waals surface area (Å²) in [5, 5.41) is 6.09. The van der Waals surface area contributed by atoms with E-state index in [2.05, 4.69) is 15.6 Å². The summed E-state index contributed by atoms with van der Waals surface area (Å²) >= 11 is 6.25. The average Bonchev–Trinajstić information content (AvgIpc) is 3.05. The lowest BCUT2D eigenvalue weighted by Crippen LogP contribution is -2.29. The first kappa shape index (κ1) is 16.5. The van der Waals surface area contributed by atoms with Crippen LogP contribution in [0.2, 0.25) is 5.02 Å². The molecular formula is C17H19ClN4O2. The van der Waals surface area contributed by atoms with Gasteiger partial charge in [-0.3, -0.25) is 9.59 Å². The van der Waals surface area contributed by atoms with E-state index in [4.69, 9.17) is 11.6 Å². The van der Waals surface area contributed by atoms with Crippen LogP contribution in [0.5, 0.6) is 0 Å². The number of carbonyl (C=O) groups excluding carboxylic acids is 2. The van der Waals surface area contributed by atoms with Crippen molar-refractivity contribution < 1.29 is 9.59 Å². The average molecular weight is 347 g/mol. The molecule has 2 amide bonds. The van der Waals surface area contributed by atoms with Crippen molar-refractivity contribution in [2.45, 2.75) is 19.8 Å². The van der Waals surface area contributed by atoms with Crippen LogP contribution in [-0.2, 0) is 9.59 Å². The smallest absolute Gasteiger partial charge is 0.226 e. The first-order valence-electron chi connectivity index (χ1n) is 7.90. The Morgan fingerprint density at radius 3 is 2.83 bits per heavy atom.